The lowest BCUT2D eigenvalue weighted by Crippen LogP contribution is -2.38. The van der Waals surface area contributed by atoms with E-state index in [2.05, 4.69) is 4.74 Å². The SMILES string of the molecule is C[C@@H]1Cc2ccccc2N1C(=O)COC(=O)c1ccc(OC(F)(F)F)cc1. The summed E-state index contributed by atoms with van der Waals surface area (Å²) >= 11 is 0. The van der Waals surface area contributed by atoms with Gasteiger partial charge in [-0.25, -0.2) is 4.79 Å². The maximum absolute atomic E-state index is 12.5. The molecular formula is C19H16F3NO4. The Morgan fingerprint density at radius 3 is 2.44 bits per heavy atom. The Bertz CT molecular complexity index is 849. The van der Waals surface area contributed by atoms with E-state index in [0.717, 1.165) is 41.9 Å². The van der Waals surface area contributed by atoms with E-state index in [-0.39, 0.29) is 17.5 Å². The zero-order valence-electron chi connectivity index (χ0n) is 14.3. The van der Waals surface area contributed by atoms with Gasteiger partial charge in [0, 0.05) is 11.7 Å². The number of anilines is 1. The van der Waals surface area contributed by atoms with Crippen LogP contribution >= 0.6 is 0 Å². The number of carbonyl (C=O) groups excluding carboxylic acids is 2. The van der Waals surface area contributed by atoms with Crippen LogP contribution in [0.2, 0.25) is 0 Å². The molecule has 0 N–H and O–H groups in total. The molecule has 0 radical (unpaired) electrons. The highest BCUT2D eigenvalue weighted by atomic mass is 19.4. The summed E-state index contributed by atoms with van der Waals surface area (Å²) in [5.41, 5.74) is 1.86. The number of para-hydroxylation sites is 1. The highest BCUT2D eigenvalue weighted by Crippen LogP contribution is 2.31. The van der Waals surface area contributed by atoms with Crippen molar-refractivity contribution in [1.29, 1.82) is 0 Å². The number of alkyl halides is 3. The molecule has 0 fully saturated rings. The number of esters is 1. The fraction of sp³-hybridized carbons (Fsp3) is 0.263. The summed E-state index contributed by atoms with van der Waals surface area (Å²) in [5, 5.41) is 0. The highest BCUT2D eigenvalue weighted by molar-refractivity contribution is 5.99. The zero-order chi connectivity index (χ0) is 19.6. The molecule has 8 heteroatoms. The third kappa shape index (κ3) is 4.39. The predicted octanol–water partition coefficient (Wildman–Crippen LogP) is 3.72. The number of fused-ring (bicyclic) bond motifs is 1. The third-order valence-corrected chi connectivity index (χ3v) is 4.13. The van der Waals surface area contributed by atoms with Crippen molar-refractivity contribution in [1.82, 2.24) is 0 Å². The Kier molecular flexibility index (Phi) is 5.07. The van der Waals surface area contributed by atoms with Crippen molar-refractivity contribution < 1.29 is 32.2 Å². The van der Waals surface area contributed by atoms with E-state index in [9.17, 15) is 22.8 Å². The first-order valence-electron chi connectivity index (χ1n) is 8.17. The number of benzene rings is 2. The molecule has 0 saturated carbocycles. The molecule has 0 aromatic heterocycles. The van der Waals surface area contributed by atoms with Crippen molar-refractivity contribution in [2.45, 2.75) is 25.7 Å². The van der Waals surface area contributed by atoms with E-state index in [4.69, 9.17) is 4.74 Å². The summed E-state index contributed by atoms with van der Waals surface area (Å²) in [6.45, 7) is 1.44. The van der Waals surface area contributed by atoms with Gasteiger partial charge in [-0.1, -0.05) is 18.2 Å². The number of carbonyl (C=O) groups is 2. The Balaban J connectivity index is 1.60. The van der Waals surface area contributed by atoms with Gasteiger partial charge in [-0.2, -0.15) is 0 Å². The molecule has 0 aliphatic carbocycles. The summed E-state index contributed by atoms with van der Waals surface area (Å²) < 4.78 is 45.2. The van der Waals surface area contributed by atoms with Crippen molar-refractivity contribution in [3.05, 3.63) is 59.7 Å². The first-order valence-corrected chi connectivity index (χ1v) is 8.17. The molecule has 142 valence electrons. The van der Waals surface area contributed by atoms with Crippen LogP contribution in [-0.2, 0) is 16.0 Å². The second-order valence-electron chi connectivity index (χ2n) is 6.09. The van der Waals surface area contributed by atoms with Crippen LogP contribution in [0.15, 0.2) is 48.5 Å². The maximum atomic E-state index is 12.5. The van der Waals surface area contributed by atoms with Gasteiger partial charge in [0.15, 0.2) is 6.61 Å². The van der Waals surface area contributed by atoms with Gasteiger partial charge in [0.1, 0.15) is 5.75 Å². The van der Waals surface area contributed by atoms with Crippen LogP contribution in [0.1, 0.15) is 22.8 Å². The Labute approximate surface area is 153 Å². The molecule has 0 unspecified atom stereocenters. The first kappa shape index (κ1) is 18.8. The number of hydrogen-bond acceptors (Lipinski definition) is 4. The van der Waals surface area contributed by atoms with E-state index in [1.807, 2.05) is 31.2 Å². The van der Waals surface area contributed by atoms with Gasteiger partial charge < -0.3 is 14.4 Å². The molecule has 3 rings (SSSR count). The van der Waals surface area contributed by atoms with Crippen LogP contribution in [0, 0.1) is 0 Å². The van der Waals surface area contributed by atoms with Crippen molar-refractivity contribution in [2.75, 3.05) is 11.5 Å². The van der Waals surface area contributed by atoms with Crippen molar-refractivity contribution in [3.8, 4) is 5.75 Å². The molecule has 0 bridgehead atoms. The number of halogens is 3. The molecule has 2 aromatic carbocycles. The summed E-state index contributed by atoms with van der Waals surface area (Å²) in [6, 6.07) is 11.7. The molecule has 2 aromatic rings. The zero-order valence-corrected chi connectivity index (χ0v) is 14.3. The summed E-state index contributed by atoms with van der Waals surface area (Å²) in [6.07, 6.45) is -4.09. The normalized spacial score (nSPS) is 16.0. The molecule has 27 heavy (non-hydrogen) atoms. The smallest absolute Gasteiger partial charge is 0.452 e. The summed E-state index contributed by atoms with van der Waals surface area (Å²) in [4.78, 5) is 26.1. The van der Waals surface area contributed by atoms with Crippen LogP contribution in [0.5, 0.6) is 5.75 Å². The molecular weight excluding hydrogens is 363 g/mol. The first-order chi connectivity index (χ1) is 12.7. The van der Waals surface area contributed by atoms with Gasteiger partial charge in [0.2, 0.25) is 0 Å². The Hall–Kier alpha value is -3.03. The van der Waals surface area contributed by atoms with Gasteiger partial charge in [-0.05, 0) is 49.2 Å². The monoisotopic (exact) mass is 379 g/mol. The largest absolute Gasteiger partial charge is 0.573 e. The van der Waals surface area contributed by atoms with Gasteiger partial charge in [-0.3, -0.25) is 4.79 Å². The van der Waals surface area contributed by atoms with Crippen LogP contribution in [0.25, 0.3) is 0 Å². The van der Waals surface area contributed by atoms with E-state index < -0.39 is 24.7 Å². The number of rotatable bonds is 4. The van der Waals surface area contributed by atoms with Crippen molar-refractivity contribution in [3.63, 3.8) is 0 Å². The number of ether oxygens (including phenoxy) is 2. The predicted molar refractivity (Wildman–Crippen MR) is 90.5 cm³/mol. The standard InChI is InChI=1S/C19H16F3NO4/c1-12-10-14-4-2-3-5-16(14)23(12)17(24)11-26-18(25)13-6-8-15(9-7-13)27-19(20,21)22/h2-9,12H,10-11H2,1H3/t12-/m1/s1. The van der Waals surface area contributed by atoms with Crippen LogP contribution in [0.3, 0.4) is 0 Å². The van der Waals surface area contributed by atoms with Gasteiger partial charge in [-0.15, -0.1) is 13.2 Å². The third-order valence-electron chi connectivity index (χ3n) is 4.13. The molecule has 0 spiro atoms. The van der Waals surface area contributed by atoms with E-state index >= 15 is 0 Å². The summed E-state index contributed by atoms with van der Waals surface area (Å²) in [7, 11) is 0. The minimum atomic E-state index is -4.81. The van der Waals surface area contributed by atoms with E-state index in [1.54, 1.807) is 4.90 Å². The van der Waals surface area contributed by atoms with Crippen molar-refractivity contribution in [2.24, 2.45) is 0 Å². The number of hydrogen-bond donors (Lipinski definition) is 0. The second-order valence-corrected chi connectivity index (χ2v) is 6.09. The number of nitrogens with zero attached hydrogens (tertiary/aromatic N) is 1. The topological polar surface area (TPSA) is 55.8 Å². The molecule has 1 atom stereocenters. The van der Waals surface area contributed by atoms with E-state index in [0.29, 0.717) is 0 Å². The Morgan fingerprint density at radius 1 is 1.11 bits per heavy atom. The minimum absolute atomic E-state index is 0.0206. The highest BCUT2D eigenvalue weighted by Gasteiger charge is 2.32. The average Bonchev–Trinajstić information content (AvgIpc) is 2.94. The molecule has 1 heterocycles. The maximum Gasteiger partial charge on any atom is 0.573 e. The van der Waals surface area contributed by atoms with Gasteiger partial charge in [0.05, 0.1) is 5.56 Å². The fourth-order valence-corrected chi connectivity index (χ4v) is 3.02. The molecule has 5 nitrogen and oxygen atoms in total. The van der Waals surface area contributed by atoms with Crippen molar-refractivity contribution >= 4 is 17.6 Å². The van der Waals surface area contributed by atoms with Crippen LogP contribution in [-0.4, -0.2) is 30.9 Å². The Morgan fingerprint density at radius 2 is 1.78 bits per heavy atom. The number of amides is 1. The summed E-state index contributed by atoms with van der Waals surface area (Å²) in [5.74, 6) is -1.61. The minimum Gasteiger partial charge on any atom is -0.452 e. The molecule has 1 amide bonds. The quantitative estimate of drug-likeness (QED) is 0.760. The lowest BCUT2D eigenvalue weighted by Gasteiger charge is -2.22. The van der Waals surface area contributed by atoms with Gasteiger partial charge in [0.25, 0.3) is 5.91 Å². The van der Waals surface area contributed by atoms with Crippen LogP contribution < -0.4 is 9.64 Å². The van der Waals surface area contributed by atoms with Gasteiger partial charge >= 0.3 is 12.3 Å². The lowest BCUT2D eigenvalue weighted by atomic mass is 10.1. The van der Waals surface area contributed by atoms with Crippen LogP contribution in [0.4, 0.5) is 18.9 Å². The molecule has 0 saturated heterocycles. The second kappa shape index (κ2) is 7.30. The average molecular weight is 379 g/mol. The van der Waals surface area contributed by atoms with E-state index in [1.165, 1.54) is 0 Å². The molecule has 1 aliphatic rings. The fourth-order valence-electron chi connectivity index (χ4n) is 3.02. The lowest BCUT2D eigenvalue weighted by molar-refractivity contribution is -0.274. The molecule has 1 aliphatic heterocycles.